The summed E-state index contributed by atoms with van der Waals surface area (Å²) in [5, 5.41) is 4.61. The smallest absolute Gasteiger partial charge is 0.273 e. The van der Waals surface area contributed by atoms with Crippen LogP contribution in [0.3, 0.4) is 0 Å². The topological polar surface area (TPSA) is 62.3 Å². The van der Waals surface area contributed by atoms with Crippen molar-refractivity contribution in [1.29, 1.82) is 0 Å². The van der Waals surface area contributed by atoms with Crippen LogP contribution < -0.4 is 5.32 Å². The third kappa shape index (κ3) is 2.34. The number of benzene rings is 1. The summed E-state index contributed by atoms with van der Waals surface area (Å²) in [7, 11) is 0. The van der Waals surface area contributed by atoms with Gasteiger partial charge in [0.1, 0.15) is 5.69 Å². The molecule has 1 saturated heterocycles. The molecule has 1 fully saturated rings. The van der Waals surface area contributed by atoms with Crippen LogP contribution in [0, 0.1) is 0 Å². The Balaban J connectivity index is 1.94. The Kier molecular flexibility index (Phi) is 3.33. The maximum absolute atomic E-state index is 12.6. The molecule has 20 heavy (non-hydrogen) atoms. The lowest BCUT2D eigenvalue weighted by Crippen LogP contribution is -2.34. The molecule has 1 aliphatic heterocycles. The monoisotopic (exact) mass is 269 g/mol. The summed E-state index contributed by atoms with van der Waals surface area (Å²) < 4.78 is 0. The first-order valence-electron chi connectivity index (χ1n) is 6.65. The molecule has 5 heteroatoms. The fourth-order valence-corrected chi connectivity index (χ4v) is 2.41. The average Bonchev–Trinajstić information content (AvgIpc) is 2.71. The highest BCUT2D eigenvalue weighted by Gasteiger charge is 2.22. The lowest BCUT2D eigenvalue weighted by atomic mass is 10.1. The predicted octanol–water partition coefficient (Wildman–Crippen LogP) is 1.20. The van der Waals surface area contributed by atoms with Crippen molar-refractivity contribution in [2.45, 2.75) is 6.42 Å². The van der Waals surface area contributed by atoms with E-state index in [1.165, 1.54) is 0 Å². The van der Waals surface area contributed by atoms with E-state index in [4.69, 9.17) is 0 Å². The van der Waals surface area contributed by atoms with Gasteiger partial charge in [0.15, 0.2) is 0 Å². The summed E-state index contributed by atoms with van der Waals surface area (Å²) in [6.45, 7) is 1.46. The van der Waals surface area contributed by atoms with Crippen molar-refractivity contribution in [3.05, 3.63) is 42.2 Å². The molecule has 2 amide bonds. The molecule has 0 unspecified atom stereocenters. The molecule has 2 aromatic rings. The molecule has 0 aliphatic carbocycles. The van der Waals surface area contributed by atoms with E-state index in [0.717, 1.165) is 10.8 Å². The summed E-state index contributed by atoms with van der Waals surface area (Å²) in [5.74, 6) is -0.121. The molecule has 0 saturated carbocycles. The largest absolute Gasteiger partial charge is 0.354 e. The zero-order valence-electron chi connectivity index (χ0n) is 11.0. The molecular formula is C15H15N3O2. The Labute approximate surface area is 116 Å². The van der Waals surface area contributed by atoms with Crippen molar-refractivity contribution in [1.82, 2.24) is 15.2 Å². The lowest BCUT2D eigenvalue weighted by molar-refractivity contribution is -0.120. The van der Waals surface area contributed by atoms with Gasteiger partial charge in [0, 0.05) is 37.6 Å². The van der Waals surface area contributed by atoms with Gasteiger partial charge in [0.25, 0.3) is 5.91 Å². The number of pyridine rings is 1. The zero-order chi connectivity index (χ0) is 13.9. The van der Waals surface area contributed by atoms with Crippen LogP contribution in [0.15, 0.2) is 36.5 Å². The molecule has 0 spiro atoms. The van der Waals surface area contributed by atoms with Crippen LogP contribution >= 0.6 is 0 Å². The average molecular weight is 269 g/mol. The molecule has 1 aliphatic rings. The fraction of sp³-hybridized carbons (Fsp3) is 0.267. The standard InChI is InChI=1S/C15H15N3O2/c19-13-6-9-18(10-8-16-13)15(20)14-12-4-2-1-3-11(12)5-7-17-14/h1-5,7H,6,8-10H2,(H,16,19). The second-order valence-corrected chi connectivity index (χ2v) is 4.77. The van der Waals surface area contributed by atoms with Crippen LogP contribution in [0.4, 0.5) is 0 Å². The highest BCUT2D eigenvalue weighted by atomic mass is 16.2. The van der Waals surface area contributed by atoms with E-state index in [0.29, 0.717) is 31.7 Å². The van der Waals surface area contributed by atoms with E-state index in [-0.39, 0.29) is 11.8 Å². The normalized spacial score (nSPS) is 15.8. The Hall–Kier alpha value is -2.43. The molecule has 1 aromatic heterocycles. The first kappa shape index (κ1) is 12.6. The Bertz CT molecular complexity index is 664. The molecule has 0 bridgehead atoms. The number of aromatic nitrogens is 1. The van der Waals surface area contributed by atoms with Gasteiger partial charge in [-0.25, -0.2) is 0 Å². The van der Waals surface area contributed by atoms with Crippen LogP contribution in [-0.2, 0) is 4.79 Å². The number of carbonyl (C=O) groups is 2. The summed E-state index contributed by atoms with van der Waals surface area (Å²) >= 11 is 0. The number of nitrogens with zero attached hydrogens (tertiary/aromatic N) is 2. The van der Waals surface area contributed by atoms with Crippen molar-refractivity contribution in [2.75, 3.05) is 19.6 Å². The number of fused-ring (bicyclic) bond motifs is 1. The number of nitrogens with one attached hydrogen (secondary N) is 1. The molecule has 1 aromatic carbocycles. The van der Waals surface area contributed by atoms with E-state index in [2.05, 4.69) is 10.3 Å². The second kappa shape index (κ2) is 5.28. The molecule has 0 atom stereocenters. The van der Waals surface area contributed by atoms with Gasteiger partial charge in [-0.3, -0.25) is 14.6 Å². The summed E-state index contributed by atoms with van der Waals surface area (Å²) in [4.78, 5) is 29.9. The zero-order valence-corrected chi connectivity index (χ0v) is 11.0. The van der Waals surface area contributed by atoms with Crippen LogP contribution in [-0.4, -0.2) is 41.3 Å². The first-order valence-corrected chi connectivity index (χ1v) is 6.65. The van der Waals surface area contributed by atoms with Gasteiger partial charge < -0.3 is 10.2 Å². The van der Waals surface area contributed by atoms with E-state index >= 15 is 0 Å². The number of carbonyl (C=O) groups excluding carboxylic acids is 2. The van der Waals surface area contributed by atoms with Crippen molar-refractivity contribution in [3.63, 3.8) is 0 Å². The third-order valence-electron chi connectivity index (χ3n) is 3.48. The molecule has 2 heterocycles. The van der Waals surface area contributed by atoms with Crippen molar-refractivity contribution < 1.29 is 9.59 Å². The van der Waals surface area contributed by atoms with E-state index in [1.54, 1.807) is 11.1 Å². The van der Waals surface area contributed by atoms with Crippen LogP contribution in [0.25, 0.3) is 10.8 Å². The molecule has 0 radical (unpaired) electrons. The second-order valence-electron chi connectivity index (χ2n) is 4.77. The van der Waals surface area contributed by atoms with Crippen LogP contribution in [0.5, 0.6) is 0 Å². The van der Waals surface area contributed by atoms with E-state index in [9.17, 15) is 9.59 Å². The minimum absolute atomic E-state index is 0.00817. The summed E-state index contributed by atoms with van der Waals surface area (Å²) in [6, 6.07) is 9.58. The first-order chi connectivity index (χ1) is 9.75. The van der Waals surface area contributed by atoms with Gasteiger partial charge in [-0.15, -0.1) is 0 Å². The summed E-state index contributed by atoms with van der Waals surface area (Å²) in [6.07, 6.45) is 1.99. The Morgan fingerprint density at radius 2 is 2.05 bits per heavy atom. The number of amides is 2. The fourth-order valence-electron chi connectivity index (χ4n) is 2.41. The number of hydrogen-bond acceptors (Lipinski definition) is 3. The Morgan fingerprint density at radius 1 is 1.20 bits per heavy atom. The van der Waals surface area contributed by atoms with Gasteiger partial charge in [-0.05, 0) is 11.5 Å². The highest BCUT2D eigenvalue weighted by molar-refractivity contribution is 6.05. The van der Waals surface area contributed by atoms with Gasteiger partial charge in [-0.2, -0.15) is 0 Å². The van der Waals surface area contributed by atoms with Crippen molar-refractivity contribution in [2.24, 2.45) is 0 Å². The van der Waals surface area contributed by atoms with Crippen molar-refractivity contribution in [3.8, 4) is 0 Å². The number of hydrogen-bond donors (Lipinski definition) is 1. The van der Waals surface area contributed by atoms with E-state index in [1.807, 2.05) is 30.3 Å². The third-order valence-corrected chi connectivity index (χ3v) is 3.48. The van der Waals surface area contributed by atoms with Gasteiger partial charge in [0.05, 0.1) is 0 Å². The predicted molar refractivity (Wildman–Crippen MR) is 75.3 cm³/mol. The van der Waals surface area contributed by atoms with Gasteiger partial charge in [-0.1, -0.05) is 24.3 Å². The molecule has 3 rings (SSSR count). The quantitative estimate of drug-likeness (QED) is 0.846. The lowest BCUT2D eigenvalue weighted by Gasteiger charge is -2.19. The molecule has 5 nitrogen and oxygen atoms in total. The molecule has 1 N–H and O–H groups in total. The van der Waals surface area contributed by atoms with Gasteiger partial charge in [0.2, 0.25) is 5.91 Å². The van der Waals surface area contributed by atoms with Crippen LogP contribution in [0.2, 0.25) is 0 Å². The van der Waals surface area contributed by atoms with E-state index < -0.39 is 0 Å². The number of rotatable bonds is 1. The molecule has 102 valence electrons. The SMILES string of the molecule is O=C1CCN(C(=O)c2nccc3ccccc23)CCN1. The maximum atomic E-state index is 12.6. The minimum atomic E-state index is -0.113. The summed E-state index contributed by atoms with van der Waals surface area (Å²) in [5.41, 5.74) is 0.456. The van der Waals surface area contributed by atoms with Crippen molar-refractivity contribution >= 4 is 22.6 Å². The minimum Gasteiger partial charge on any atom is -0.354 e. The maximum Gasteiger partial charge on any atom is 0.273 e. The Morgan fingerprint density at radius 3 is 2.95 bits per heavy atom. The highest BCUT2D eigenvalue weighted by Crippen LogP contribution is 2.18. The molecular weight excluding hydrogens is 254 g/mol. The van der Waals surface area contributed by atoms with Gasteiger partial charge >= 0.3 is 0 Å². The van der Waals surface area contributed by atoms with Crippen LogP contribution in [0.1, 0.15) is 16.9 Å².